The van der Waals surface area contributed by atoms with Crippen LogP contribution in [0.3, 0.4) is 0 Å². The largest absolute Gasteiger partial charge is 0.333 e. The van der Waals surface area contributed by atoms with E-state index in [4.69, 9.17) is 11.6 Å². The zero-order valence-electron chi connectivity index (χ0n) is 13.5. The van der Waals surface area contributed by atoms with Crippen molar-refractivity contribution in [1.82, 2.24) is 10.2 Å². The van der Waals surface area contributed by atoms with Crippen molar-refractivity contribution in [1.29, 1.82) is 0 Å². The molecule has 0 spiro atoms. The van der Waals surface area contributed by atoms with E-state index < -0.39 is 11.5 Å². The fraction of sp³-hybridized carbons (Fsp3) is 0.529. The van der Waals surface area contributed by atoms with E-state index >= 15 is 0 Å². The number of halogens is 1. The highest BCUT2D eigenvalue weighted by atomic mass is 35.5. The zero-order valence-corrected chi connectivity index (χ0v) is 14.3. The highest BCUT2D eigenvalue weighted by Crippen LogP contribution is 2.32. The topological polar surface area (TPSA) is 52.7 Å². The lowest BCUT2D eigenvalue weighted by atomic mass is 9.87. The van der Waals surface area contributed by atoms with Crippen LogP contribution in [0.25, 0.3) is 0 Å². The average molecular weight is 336 g/mol. The Balaban J connectivity index is 1.76. The number of hydrogen-bond donors (Lipinski definition) is 1. The van der Waals surface area contributed by atoms with Crippen LogP contribution in [0.5, 0.6) is 0 Å². The summed E-state index contributed by atoms with van der Waals surface area (Å²) in [5.41, 5.74) is 0.309. The number of likely N-dealkylation sites (N-methyl/N-ethyl adjacent to an activating group) is 1. The first kappa shape index (κ1) is 16.3. The van der Waals surface area contributed by atoms with E-state index in [2.05, 4.69) is 5.32 Å². The summed E-state index contributed by atoms with van der Waals surface area (Å²) in [6, 6.07) is 6.91. The maximum absolute atomic E-state index is 12.8. The van der Waals surface area contributed by atoms with Gasteiger partial charge in [0.2, 0.25) is 11.8 Å². The Bertz CT molecular complexity index is 628. The molecule has 1 aromatic rings. The number of amides is 2. The summed E-state index contributed by atoms with van der Waals surface area (Å²) >= 11 is 6.20. The van der Waals surface area contributed by atoms with E-state index in [1.54, 1.807) is 22.9 Å². The quantitative estimate of drug-likeness (QED) is 0.918. The van der Waals surface area contributed by atoms with Crippen LogP contribution in [-0.2, 0) is 9.59 Å². The Hall–Kier alpha value is -1.59. The van der Waals surface area contributed by atoms with Crippen molar-refractivity contribution in [3.05, 3.63) is 29.3 Å². The molecule has 2 fully saturated rings. The summed E-state index contributed by atoms with van der Waals surface area (Å²) in [6.45, 7) is 4.07. The summed E-state index contributed by atoms with van der Waals surface area (Å²) in [5.74, 6) is -0.00892. The van der Waals surface area contributed by atoms with Crippen LogP contribution in [-0.4, -0.2) is 49.4 Å². The minimum Gasteiger partial charge on any atom is -0.333 e. The zero-order chi connectivity index (χ0) is 16.6. The van der Waals surface area contributed by atoms with Gasteiger partial charge in [0, 0.05) is 20.1 Å². The van der Waals surface area contributed by atoms with Gasteiger partial charge in [0.1, 0.15) is 6.04 Å². The predicted octanol–water partition coefficient (Wildman–Crippen LogP) is 1.90. The SMILES string of the molecule is CN(C(=O)[C@@]1(C)CCNC1)[C@@H]1CCN(c2ccccc2Cl)C1=O. The Kier molecular flexibility index (Phi) is 4.34. The smallest absolute Gasteiger partial charge is 0.249 e. The Morgan fingerprint density at radius 3 is 2.83 bits per heavy atom. The van der Waals surface area contributed by atoms with Crippen LogP contribution in [0.15, 0.2) is 24.3 Å². The maximum Gasteiger partial charge on any atom is 0.249 e. The number of hydrogen-bond acceptors (Lipinski definition) is 3. The third kappa shape index (κ3) is 2.83. The number of carbonyl (C=O) groups is 2. The van der Waals surface area contributed by atoms with Gasteiger partial charge in [-0.3, -0.25) is 9.59 Å². The van der Waals surface area contributed by atoms with E-state index in [0.717, 1.165) is 18.7 Å². The molecule has 1 aromatic carbocycles. The third-order valence-corrected chi connectivity index (χ3v) is 5.31. The fourth-order valence-corrected chi connectivity index (χ4v) is 3.74. The number of benzene rings is 1. The molecule has 0 aromatic heterocycles. The first-order chi connectivity index (χ1) is 10.9. The van der Waals surface area contributed by atoms with Gasteiger partial charge in [0.25, 0.3) is 0 Å². The van der Waals surface area contributed by atoms with E-state index in [1.165, 1.54) is 0 Å². The van der Waals surface area contributed by atoms with Crippen LogP contribution in [0.2, 0.25) is 5.02 Å². The third-order valence-electron chi connectivity index (χ3n) is 4.99. The van der Waals surface area contributed by atoms with Crippen molar-refractivity contribution in [2.45, 2.75) is 25.8 Å². The van der Waals surface area contributed by atoms with E-state index in [-0.39, 0.29) is 11.8 Å². The Morgan fingerprint density at radius 1 is 1.43 bits per heavy atom. The predicted molar refractivity (Wildman–Crippen MR) is 90.6 cm³/mol. The molecule has 2 aliphatic heterocycles. The number of carbonyl (C=O) groups excluding carboxylic acids is 2. The summed E-state index contributed by atoms with van der Waals surface area (Å²) in [7, 11) is 1.74. The molecule has 2 atom stereocenters. The highest BCUT2D eigenvalue weighted by molar-refractivity contribution is 6.34. The van der Waals surface area contributed by atoms with Crippen molar-refractivity contribution in [2.75, 3.05) is 31.6 Å². The van der Waals surface area contributed by atoms with Gasteiger partial charge in [0.05, 0.1) is 16.1 Å². The molecule has 2 aliphatic rings. The molecule has 2 heterocycles. The van der Waals surface area contributed by atoms with Crippen LogP contribution in [0.4, 0.5) is 5.69 Å². The molecular formula is C17H22ClN3O2. The van der Waals surface area contributed by atoms with Crippen molar-refractivity contribution in [3.63, 3.8) is 0 Å². The average Bonchev–Trinajstić information content (AvgIpc) is 3.14. The second-order valence-corrected chi connectivity index (χ2v) is 7.06. The van der Waals surface area contributed by atoms with Crippen molar-refractivity contribution in [3.8, 4) is 0 Å². The molecular weight excluding hydrogens is 314 g/mol. The van der Waals surface area contributed by atoms with Crippen LogP contribution < -0.4 is 10.2 Å². The summed E-state index contributed by atoms with van der Waals surface area (Å²) in [4.78, 5) is 28.9. The lowest BCUT2D eigenvalue weighted by Gasteiger charge is -2.31. The number of para-hydroxylation sites is 1. The van der Waals surface area contributed by atoms with Gasteiger partial charge < -0.3 is 15.1 Å². The molecule has 0 bridgehead atoms. The van der Waals surface area contributed by atoms with Crippen molar-refractivity contribution < 1.29 is 9.59 Å². The molecule has 124 valence electrons. The monoisotopic (exact) mass is 335 g/mol. The Labute approximate surface area is 141 Å². The molecule has 23 heavy (non-hydrogen) atoms. The number of anilines is 1. The molecule has 3 rings (SSSR count). The molecule has 0 radical (unpaired) electrons. The first-order valence-corrected chi connectivity index (χ1v) is 8.36. The van der Waals surface area contributed by atoms with Gasteiger partial charge in [-0.1, -0.05) is 23.7 Å². The molecule has 5 nitrogen and oxygen atoms in total. The molecule has 0 unspecified atom stereocenters. The number of nitrogens with one attached hydrogen (secondary N) is 1. The standard InChI is InChI=1S/C17H22ClN3O2/c1-17(8-9-19-11-17)16(23)20(2)14-7-10-21(15(14)22)13-6-4-3-5-12(13)18/h3-6,14,19H,7-11H2,1-2H3/t14-,17+/m1/s1. The summed E-state index contributed by atoms with van der Waals surface area (Å²) in [5, 5.41) is 3.79. The van der Waals surface area contributed by atoms with Gasteiger partial charge in [-0.2, -0.15) is 0 Å². The lowest BCUT2D eigenvalue weighted by molar-refractivity contribution is -0.144. The number of rotatable bonds is 3. The van der Waals surface area contributed by atoms with Crippen LogP contribution >= 0.6 is 11.6 Å². The second kappa shape index (κ2) is 6.13. The van der Waals surface area contributed by atoms with E-state index in [1.807, 2.05) is 25.1 Å². The number of nitrogens with zero attached hydrogens (tertiary/aromatic N) is 2. The van der Waals surface area contributed by atoms with Crippen LogP contribution in [0, 0.1) is 5.41 Å². The van der Waals surface area contributed by atoms with Crippen molar-refractivity contribution in [2.24, 2.45) is 5.41 Å². The summed E-state index contributed by atoms with van der Waals surface area (Å²) < 4.78 is 0. The summed E-state index contributed by atoms with van der Waals surface area (Å²) in [6.07, 6.45) is 1.45. The molecule has 2 amide bonds. The van der Waals surface area contributed by atoms with E-state index in [0.29, 0.717) is 24.5 Å². The maximum atomic E-state index is 12.8. The minimum absolute atomic E-state index is 0.0434. The van der Waals surface area contributed by atoms with Gasteiger partial charge in [-0.25, -0.2) is 0 Å². The molecule has 2 saturated heterocycles. The molecule has 6 heteroatoms. The molecule has 0 aliphatic carbocycles. The fourth-order valence-electron chi connectivity index (χ4n) is 3.50. The van der Waals surface area contributed by atoms with Gasteiger partial charge in [-0.05, 0) is 38.4 Å². The van der Waals surface area contributed by atoms with Gasteiger partial charge in [-0.15, -0.1) is 0 Å². The van der Waals surface area contributed by atoms with Gasteiger partial charge >= 0.3 is 0 Å². The first-order valence-electron chi connectivity index (χ1n) is 7.98. The van der Waals surface area contributed by atoms with Crippen molar-refractivity contribution >= 4 is 29.1 Å². The lowest BCUT2D eigenvalue weighted by Crippen LogP contribution is -2.49. The normalized spacial score (nSPS) is 27.5. The molecule has 1 N–H and O–H groups in total. The minimum atomic E-state index is -0.410. The van der Waals surface area contributed by atoms with E-state index in [9.17, 15) is 9.59 Å². The molecule has 0 saturated carbocycles. The second-order valence-electron chi connectivity index (χ2n) is 6.65. The van der Waals surface area contributed by atoms with Crippen LogP contribution in [0.1, 0.15) is 19.8 Å². The van der Waals surface area contributed by atoms with Gasteiger partial charge in [0.15, 0.2) is 0 Å². The Morgan fingerprint density at radius 2 is 2.17 bits per heavy atom. The highest BCUT2D eigenvalue weighted by Gasteiger charge is 2.44.